The second-order valence-electron chi connectivity index (χ2n) is 10.9. The first-order valence-electron chi connectivity index (χ1n) is 22.7. The summed E-state index contributed by atoms with van der Waals surface area (Å²) in [5.74, 6) is 0.965. The molecular weight excluding hydrogens is 733 g/mol. The Labute approximate surface area is 372 Å². The summed E-state index contributed by atoms with van der Waals surface area (Å²) in [6.45, 7) is 33.0. The number of aromatic hydroxyl groups is 3. The SMILES string of the molecule is CC.CC.CC.CC.CC.CCC.CCc1ccc(CC)cc1.CCc1ccc(CC)cc1.Oc1ccccc1.Oc1ccccc1.Oc1ccccc1.c1ccccc1. The topological polar surface area (TPSA) is 60.7 Å². The van der Waals surface area contributed by atoms with E-state index in [9.17, 15) is 0 Å². The number of para-hydroxylation sites is 3. The van der Waals surface area contributed by atoms with Gasteiger partial charge in [-0.15, -0.1) is 0 Å². The average Bonchev–Trinajstić information content (AvgIpc) is 3.35. The van der Waals surface area contributed by atoms with E-state index in [-0.39, 0.29) is 0 Å². The van der Waals surface area contributed by atoms with Crippen LogP contribution in [0, 0.1) is 0 Å². The highest BCUT2D eigenvalue weighted by atomic mass is 16.3. The van der Waals surface area contributed by atoms with Crippen LogP contribution in [0.4, 0.5) is 0 Å². The van der Waals surface area contributed by atoms with Crippen molar-refractivity contribution in [2.45, 2.75) is 143 Å². The van der Waals surface area contributed by atoms with Crippen LogP contribution in [0.3, 0.4) is 0 Å². The Morgan fingerprint density at radius 2 is 0.350 bits per heavy atom. The molecule has 3 nitrogen and oxygen atoms in total. The van der Waals surface area contributed by atoms with E-state index in [0.29, 0.717) is 17.2 Å². The zero-order chi connectivity index (χ0) is 47.1. The molecule has 0 aromatic heterocycles. The molecule has 6 aromatic rings. The molecule has 0 spiro atoms. The Morgan fingerprint density at radius 3 is 0.433 bits per heavy atom. The lowest BCUT2D eigenvalue weighted by Crippen LogP contribution is -1.81. The van der Waals surface area contributed by atoms with Gasteiger partial charge in [-0.3, -0.25) is 0 Å². The smallest absolute Gasteiger partial charge is 0.115 e. The van der Waals surface area contributed by atoms with Crippen molar-refractivity contribution in [3.05, 3.63) is 198 Å². The van der Waals surface area contributed by atoms with Gasteiger partial charge in [-0.05, 0) is 84.3 Å². The molecular formula is C57H90O3. The second kappa shape index (κ2) is 60.4. The highest BCUT2D eigenvalue weighted by molar-refractivity contribution is 5.23. The molecule has 3 heteroatoms. The van der Waals surface area contributed by atoms with E-state index in [1.807, 2.05) is 124 Å². The van der Waals surface area contributed by atoms with Crippen LogP contribution >= 0.6 is 0 Å². The van der Waals surface area contributed by atoms with Crippen LogP contribution in [-0.2, 0) is 25.7 Å². The number of phenols is 3. The first kappa shape index (κ1) is 66.5. The van der Waals surface area contributed by atoms with Crippen molar-refractivity contribution in [2.24, 2.45) is 0 Å². The van der Waals surface area contributed by atoms with Gasteiger partial charge < -0.3 is 15.3 Å². The maximum atomic E-state index is 8.63. The van der Waals surface area contributed by atoms with Crippen LogP contribution in [0.2, 0.25) is 0 Å². The molecule has 0 aliphatic heterocycles. The maximum absolute atomic E-state index is 8.63. The molecule has 0 bridgehead atoms. The number of aryl methyl sites for hydroxylation is 4. The van der Waals surface area contributed by atoms with Gasteiger partial charge in [-0.25, -0.2) is 0 Å². The number of hydrogen-bond donors (Lipinski definition) is 3. The predicted molar refractivity (Wildman–Crippen MR) is 274 cm³/mol. The van der Waals surface area contributed by atoms with Crippen molar-refractivity contribution >= 4 is 0 Å². The van der Waals surface area contributed by atoms with E-state index in [1.54, 1.807) is 72.8 Å². The summed E-state index contributed by atoms with van der Waals surface area (Å²) >= 11 is 0. The predicted octanol–water partition coefficient (Wildman–Crippen LogP) is 18.0. The second-order valence-corrected chi connectivity index (χ2v) is 10.9. The molecule has 0 aliphatic rings. The summed E-state index contributed by atoms with van der Waals surface area (Å²) in [6.07, 6.45) is 5.82. The van der Waals surface area contributed by atoms with Gasteiger partial charge in [-0.2, -0.15) is 0 Å². The molecule has 0 saturated carbocycles. The van der Waals surface area contributed by atoms with Crippen molar-refractivity contribution < 1.29 is 15.3 Å². The standard InChI is InChI=1S/2C10H14.3C6H6O.C6H6.C3H8.5C2H6/c2*1-3-9-5-7-10(4-2)8-6-9;3*7-6-4-2-1-3-5-6;1-2-4-6-5-3-1;1-3-2;5*1-2/h2*5-8H,3-4H2,1-2H3;3*1-5,7H;1-6H;3H2,1-2H3;5*1-2H3. The third kappa shape index (κ3) is 50.7. The molecule has 3 N–H and O–H groups in total. The van der Waals surface area contributed by atoms with Crippen LogP contribution in [0.25, 0.3) is 0 Å². The fraction of sp³-hybridized carbons (Fsp3) is 0.368. The molecule has 0 aliphatic carbocycles. The van der Waals surface area contributed by atoms with Crippen molar-refractivity contribution in [2.75, 3.05) is 0 Å². The normalized spacial score (nSPS) is 7.87. The van der Waals surface area contributed by atoms with Gasteiger partial charge in [0.25, 0.3) is 0 Å². The lowest BCUT2D eigenvalue weighted by atomic mass is 10.1. The number of phenolic OH excluding ortho intramolecular Hbond substituents is 3. The van der Waals surface area contributed by atoms with Crippen molar-refractivity contribution in [1.82, 2.24) is 0 Å². The van der Waals surface area contributed by atoms with Gasteiger partial charge >= 0.3 is 0 Å². The fourth-order valence-electron chi connectivity index (χ4n) is 3.69. The summed E-state index contributed by atoms with van der Waals surface area (Å²) in [5.41, 5.74) is 5.71. The summed E-state index contributed by atoms with van der Waals surface area (Å²) in [6, 6.07) is 55.8. The summed E-state index contributed by atoms with van der Waals surface area (Å²) in [5, 5.41) is 25.9. The van der Waals surface area contributed by atoms with Gasteiger partial charge in [0, 0.05) is 0 Å². The Kier molecular flexibility index (Phi) is 67.0. The van der Waals surface area contributed by atoms with Crippen LogP contribution in [0.1, 0.15) is 139 Å². The quantitative estimate of drug-likeness (QED) is 0.166. The molecule has 0 amide bonds. The molecule has 0 heterocycles. The number of hydrogen-bond acceptors (Lipinski definition) is 3. The van der Waals surface area contributed by atoms with Crippen molar-refractivity contribution in [3.63, 3.8) is 0 Å². The van der Waals surface area contributed by atoms with E-state index in [0.717, 1.165) is 25.7 Å². The first-order valence-corrected chi connectivity index (χ1v) is 22.7. The largest absolute Gasteiger partial charge is 0.508 e. The zero-order valence-corrected chi connectivity index (χ0v) is 41.1. The molecule has 60 heavy (non-hydrogen) atoms. The fourth-order valence-corrected chi connectivity index (χ4v) is 3.69. The third-order valence-electron chi connectivity index (χ3n) is 6.61. The van der Waals surface area contributed by atoms with E-state index < -0.39 is 0 Å². The van der Waals surface area contributed by atoms with Crippen LogP contribution in [0.15, 0.2) is 176 Å². The highest BCUT2D eigenvalue weighted by Crippen LogP contribution is 2.06. The molecule has 6 rings (SSSR count). The minimum absolute atomic E-state index is 0.322. The van der Waals surface area contributed by atoms with Gasteiger partial charge in [0.2, 0.25) is 0 Å². The summed E-state index contributed by atoms with van der Waals surface area (Å²) in [4.78, 5) is 0. The van der Waals surface area contributed by atoms with E-state index in [2.05, 4.69) is 90.1 Å². The lowest BCUT2D eigenvalue weighted by molar-refractivity contribution is 0.475. The number of rotatable bonds is 4. The summed E-state index contributed by atoms with van der Waals surface area (Å²) in [7, 11) is 0. The molecule has 0 atom stereocenters. The summed E-state index contributed by atoms with van der Waals surface area (Å²) < 4.78 is 0. The average molecular weight is 823 g/mol. The van der Waals surface area contributed by atoms with Gasteiger partial charge in [-0.1, -0.05) is 257 Å². The monoisotopic (exact) mass is 823 g/mol. The van der Waals surface area contributed by atoms with Gasteiger partial charge in [0.05, 0.1) is 0 Å². The molecule has 0 unspecified atom stereocenters. The van der Waals surface area contributed by atoms with Crippen LogP contribution in [0.5, 0.6) is 17.2 Å². The van der Waals surface area contributed by atoms with Gasteiger partial charge in [0.15, 0.2) is 0 Å². The zero-order valence-electron chi connectivity index (χ0n) is 41.1. The lowest BCUT2D eigenvalue weighted by Gasteiger charge is -1.97. The van der Waals surface area contributed by atoms with Crippen molar-refractivity contribution in [3.8, 4) is 17.2 Å². The third-order valence-corrected chi connectivity index (χ3v) is 6.61. The Hall–Kier alpha value is -5.28. The van der Waals surface area contributed by atoms with Crippen LogP contribution < -0.4 is 0 Å². The molecule has 0 saturated heterocycles. The Bertz CT molecular complexity index is 1290. The van der Waals surface area contributed by atoms with Crippen molar-refractivity contribution in [1.29, 1.82) is 0 Å². The molecule has 0 fully saturated rings. The highest BCUT2D eigenvalue weighted by Gasteiger charge is 1.89. The van der Waals surface area contributed by atoms with Gasteiger partial charge in [0.1, 0.15) is 17.2 Å². The van der Waals surface area contributed by atoms with E-state index >= 15 is 0 Å². The molecule has 336 valence electrons. The molecule has 6 aromatic carbocycles. The first-order chi connectivity index (χ1) is 29.3. The van der Waals surface area contributed by atoms with Crippen LogP contribution in [-0.4, -0.2) is 15.3 Å². The van der Waals surface area contributed by atoms with E-state index in [4.69, 9.17) is 15.3 Å². The van der Waals surface area contributed by atoms with E-state index in [1.165, 1.54) is 28.7 Å². The Morgan fingerprint density at radius 1 is 0.233 bits per heavy atom. The maximum Gasteiger partial charge on any atom is 0.115 e. The molecule has 0 radical (unpaired) electrons. The Balaban J connectivity index is -0.000000139. The number of benzene rings is 6. The minimum Gasteiger partial charge on any atom is -0.508 e. The minimum atomic E-state index is 0.322.